The Morgan fingerprint density at radius 2 is 2.32 bits per heavy atom. The van der Waals surface area contributed by atoms with Gasteiger partial charge in [-0.1, -0.05) is 5.16 Å². The molecule has 1 unspecified atom stereocenters. The third-order valence-electron chi connectivity index (χ3n) is 2.43. The summed E-state index contributed by atoms with van der Waals surface area (Å²) in [5.74, 6) is 2.60. The molecule has 19 heavy (non-hydrogen) atoms. The van der Waals surface area contributed by atoms with Crippen molar-refractivity contribution in [2.45, 2.75) is 25.2 Å². The molecule has 0 spiro atoms. The lowest BCUT2D eigenvalue weighted by Gasteiger charge is -2.21. The summed E-state index contributed by atoms with van der Waals surface area (Å²) < 4.78 is 45.1. The highest BCUT2D eigenvalue weighted by atomic mass is 32.2. The first kappa shape index (κ1) is 14.6. The van der Waals surface area contributed by atoms with Gasteiger partial charge in [-0.15, -0.1) is 0 Å². The maximum Gasteiger partial charge on any atom is 0.411 e. The molecule has 1 atom stereocenters. The molecule has 1 N–H and O–H groups in total. The number of alkyl halides is 3. The molecule has 1 aromatic heterocycles. The van der Waals surface area contributed by atoms with Crippen LogP contribution in [0.1, 0.15) is 11.7 Å². The van der Waals surface area contributed by atoms with Gasteiger partial charge < -0.3 is 14.6 Å². The van der Waals surface area contributed by atoms with Crippen LogP contribution in [0.5, 0.6) is 0 Å². The smallest absolute Gasteiger partial charge is 0.364 e. The van der Waals surface area contributed by atoms with Crippen molar-refractivity contribution in [1.29, 1.82) is 0 Å². The fraction of sp³-hybridized carbons (Fsp3) is 0.800. The summed E-state index contributed by atoms with van der Waals surface area (Å²) in [5.41, 5.74) is 0. The molecule has 1 aliphatic rings. The first-order valence-corrected chi connectivity index (χ1v) is 6.95. The molecular formula is C10H14F3N3O2S. The fourth-order valence-electron chi connectivity index (χ4n) is 1.65. The van der Waals surface area contributed by atoms with Crippen molar-refractivity contribution in [2.75, 3.05) is 24.7 Å². The predicted octanol–water partition coefficient (Wildman–Crippen LogP) is 1.40. The molecule has 108 valence electrons. The molecule has 1 saturated heterocycles. The molecule has 5 nitrogen and oxygen atoms in total. The van der Waals surface area contributed by atoms with Crippen LogP contribution in [0.3, 0.4) is 0 Å². The molecule has 2 heterocycles. The van der Waals surface area contributed by atoms with E-state index in [-0.39, 0.29) is 18.5 Å². The van der Waals surface area contributed by atoms with Gasteiger partial charge in [0.25, 0.3) is 0 Å². The fourth-order valence-corrected chi connectivity index (χ4v) is 2.60. The lowest BCUT2D eigenvalue weighted by atomic mass is 10.2. The Bertz CT molecular complexity index is 394. The van der Waals surface area contributed by atoms with E-state index in [1.165, 1.54) is 0 Å². The van der Waals surface area contributed by atoms with Crippen molar-refractivity contribution >= 4 is 11.8 Å². The predicted molar refractivity (Wildman–Crippen MR) is 62.8 cm³/mol. The van der Waals surface area contributed by atoms with Crippen LogP contribution in [0, 0.1) is 0 Å². The van der Waals surface area contributed by atoms with Crippen LogP contribution in [0.4, 0.5) is 13.2 Å². The SMILES string of the molecule is FC(F)(F)COCc1noc(CC2CSCCN2)n1. The number of thioether (sulfide) groups is 1. The molecular weight excluding hydrogens is 283 g/mol. The molecule has 0 aliphatic carbocycles. The number of aromatic nitrogens is 2. The Morgan fingerprint density at radius 3 is 3.00 bits per heavy atom. The van der Waals surface area contributed by atoms with E-state index in [1.807, 2.05) is 11.8 Å². The Morgan fingerprint density at radius 1 is 1.47 bits per heavy atom. The highest BCUT2D eigenvalue weighted by molar-refractivity contribution is 7.99. The lowest BCUT2D eigenvalue weighted by Crippen LogP contribution is -2.38. The zero-order valence-electron chi connectivity index (χ0n) is 10.1. The van der Waals surface area contributed by atoms with Crippen molar-refractivity contribution in [3.05, 3.63) is 11.7 Å². The second-order valence-electron chi connectivity index (χ2n) is 4.14. The van der Waals surface area contributed by atoms with E-state index < -0.39 is 12.8 Å². The third-order valence-corrected chi connectivity index (χ3v) is 3.56. The Kier molecular flexibility index (Phi) is 5.06. The van der Waals surface area contributed by atoms with E-state index in [0.29, 0.717) is 12.3 Å². The molecule has 1 aliphatic heterocycles. The average molecular weight is 297 g/mol. The molecule has 0 radical (unpaired) electrons. The maximum atomic E-state index is 11.9. The summed E-state index contributed by atoms with van der Waals surface area (Å²) >= 11 is 1.84. The quantitative estimate of drug-likeness (QED) is 0.886. The van der Waals surface area contributed by atoms with Gasteiger partial charge in [0.1, 0.15) is 13.2 Å². The summed E-state index contributed by atoms with van der Waals surface area (Å²) in [6.45, 7) is -0.668. The van der Waals surface area contributed by atoms with Gasteiger partial charge in [-0.05, 0) is 0 Å². The second kappa shape index (κ2) is 6.58. The zero-order valence-corrected chi connectivity index (χ0v) is 10.9. The van der Waals surface area contributed by atoms with Crippen LogP contribution in [-0.4, -0.2) is 47.0 Å². The first-order valence-electron chi connectivity index (χ1n) is 5.80. The summed E-state index contributed by atoms with van der Waals surface area (Å²) in [7, 11) is 0. The average Bonchev–Trinajstić information content (AvgIpc) is 2.76. The summed E-state index contributed by atoms with van der Waals surface area (Å²) in [5, 5.41) is 6.90. The topological polar surface area (TPSA) is 60.2 Å². The van der Waals surface area contributed by atoms with Gasteiger partial charge in [0.05, 0.1) is 0 Å². The minimum Gasteiger partial charge on any atom is -0.364 e. The standard InChI is InChI=1S/C10H14F3N3O2S/c11-10(12,13)6-17-4-8-15-9(18-16-8)3-7-5-19-2-1-14-7/h7,14H,1-6H2. The normalized spacial score (nSPS) is 20.7. The molecule has 0 bridgehead atoms. The van der Waals surface area contributed by atoms with E-state index in [0.717, 1.165) is 18.1 Å². The molecule has 0 aromatic carbocycles. The Hall–Kier alpha value is -0.800. The molecule has 0 amide bonds. The second-order valence-corrected chi connectivity index (χ2v) is 5.29. The number of rotatable bonds is 5. The minimum atomic E-state index is -4.34. The van der Waals surface area contributed by atoms with Gasteiger partial charge in [-0.2, -0.15) is 29.9 Å². The molecule has 2 rings (SSSR count). The Labute approximate surface area is 112 Å². The van der Waals surface area contributed by atoms with E-state index >= 15 is 0 Å². The van der Waals surface area contributed by atoms with Crippen molar-refractivity contribution < 1.29 is 22.4 Å². The largest absolute Gasteiger partial charge is 0.411 e. The van der Waals surface area contributed by atoms with Gasteiger partial charge in [-0.25, -0.2) is 0 Å². The molecule has 9 heteroatoms. The van der Waals surface area contributed by atoms with Crippen molar-refractivity contribution in [3.63, 3.8) is 0 Å². The monoisotopic (exact) mass is 297 g/mol. The number of ether oxygens (including phenoxy) is 1. The van der Waals surface area contributed by atoms with Crippen LogP contribution in [-0.2, 0) is 17.8 Å². The summed E-state index contributed by atoms with van der Waals surface area (Å²) in [6.07, 6.45) is -3.75. The lowest BCUT2D eigenvalue weighted by molar-refractivity contribution is -0.177. The van der Waals surface area contributed by atoms with E-state index in [2.05, 4.69) is 20.2 Å². The van der Waals surface area contributed by atoms with Crippen molar-refractivity contribution in [3.8, 4) is 0 Å². The number of nitrogens with one attached hydrogen (secondary N) is 1. The van der Waals surface area contributed by atoms with Gasteiger partial charge in [0, 0.05) is 30.5 Å². The maximum absolute atomic E-state index is 11.9. The van der Waals surface area contributed by atoms with Crippen LogP contribution in [0.15, 0.2) is 4.52 Å². The van der Waals surface area contributed by atoms with E-state index in [1.54, 1.807) is 0 Å². The van der Waals surface area contributed by atoms with Crippen LogP contribution in [0.25, 0.3) is 0 Å². The van der Waals surface area contributed by atoms with Crippen LogP contribution < -0.4 is 5.32 Å². The molecule has 1 aromatic rings. The highest BCUT2D eigenvalue weighted by Crippen LogP contribution is 2.15. The highest BCUT2D eigenvalue weighted by Gasteiger charge is 2.27. The zero-order chi connectivity index (χ0) is 13.7. The van der Waals surface area contributed by atoms with E-state index in [4.69, 9.17) is 4.52 Å². The van der Waals surface area contributed by atoms with Crippen LogP contribution in [0.2, 0.25) is 0 Å². The first-order chi connectivity index (χ1) is 9.03. The molecule has 1 fully saturated rings. The molecule has 0 saturated carbocycles. The summed E-state index contributed by atoms with van der Waals surface area (Å²) in [6, 6.07) is 0.267. The minimum absolute atomic E-state index is 0.141. The van der Waals surface area contributed by atoms with Gasteiger partial charge in [0.15, 0.2) is 5.82 Å². The number of nitrogens with zero attached hydrogens (tertiary/aromatic N) is 2. The Balaban J connectivity index is 1.75. The third kappa shape index (κ3) is 5.37. The number of hydrogen-bond donors (Lipinski definition) is 1. The number of halogens is 3. The van der Waals surface area contributed by atoms with Gasteiger partial charge in [-0.3, -0.25) is 0 Å². The van der Waals surface area contributed by atoms with Crippen LogP contribution >= 0.6 is 11.8 Å². The van der Waals surface area contributed by atoms with Crippen molar-refractivity contribution in [2.24, 2.45) is 0 Å². The van der Waals surface area contributed by atoms with Gasteiger partial charge >= 0.3 is 6.18 Å². The van der Waals surface area contributed by atoms with Gasteiger partial charge in [0.2, 0.25) is 5.89 Å². The van der Waals surface area contributed by atoms with Crippen molar-refractivity contribution in [1.82, 2.24) is 15.5 Å². The summed E-state index contributed by atoms with van der Waals surface area (Å²) in [4.78, 5) is 4.00. The van der Waals surface area contributed by atoms with E-state index in [9.17, 15) is 13.2 Å². The number of hydrogen-bond acceptors (Lipinski definition) is 6.